The standard InChI is InChI=1S/C15H23BrN2O/c1-4-9-18(3)12(2)11-17-15(19)14-8-6-5-7-13(14)10-16/h5-8,12H,4,9-11H2,1-3H3,(H,17,19). The molecule has 0 spiro atoms. The van der Waals surface area contributed by atoms with Crippen molar-refractivity contribution in [3.8, 4) is 0 Å². The van der Waals surface area contributed by atoms with E-state index in [1.54, 1.807) is 0 Å². The average Bonchev–Trinajstić information content (AvgIpc) is 2.44. The zero-order chi connectivity index (χ0) is 14.3. The van der Waals surface area contributed by atoms with Crippen LogP contribution in [-0.2, 0) is 5.33 Å². The third-order valence-electron chi connectivity index (χ3n) is 3.29. The van der Waals surface area contributed by atoms with Crippen LogP contribution < -0.4 is 5.32 Å². The Kier molecular flexibility index (Phi) is 7.10. The van der Waals surface area contributed by atoms with Crippen LogP contribution >= 0.6 is 15.9 Å². The molecule has 0 saturated carbocycles. The number of nitrogens with one attached hydrogen (secondary N) is 1. The molecule has 0 aliphatic carbocycles. The molecule has 0 bridgehead atoms. The first-order valence-corrected chi connectivity index (χ1v) is 7.84. The molecular formula is C15H23BrN2O. The van der Waals surface area contributed by atoms with Gasteiger partial charge in [0.15, 0.2) is 0 Å². The number of hydrogen-bond acceptors (Lipinski definition) is 2. The second-order valence-electron chi connectivity index (χ2n) is 4.83. The summed E-state index contributed by atoms with van der Waals surface area (Å²) in [4.78, 5) is 14.4. The minimum absolute atomic E-state index is 0.00629. The van der Waals surface area contributed by atoms with E-state index < -0.39 is 0 Å². The molecule has 1 aromatic carbocycles. The molecule has 1 aromatic rings. The van der Waals surface area contributed by atoms with Crippen molar-refractivity contribution in [1.29, 1.82) is 0 Å². The lowest BCUT2D eigenvalue weighted by molar-refractivity contribution is 0.0940. The van der Waals surface area contributed by atoms with Crippen molar-refractivity contribution < 1.29 is 4.79 Å². The van der Waals surface area contributed by atoms with Crippen LogP contribution in [0.15, 0.2) is 24.3 Å². The highest BCUT2D eigenvalue weighted by molar-refractivity contribution is 9.08. The van der Waals surface area contributed by atoms with Gasteiger partial charge in [0.2, 0.25) is 0 Å². The summed E-state index contributed by atoms with van der Waals surface area (Å²) < 4.78 is 0. The van der Waals surface area contributed by atoms with Crippen molar-refractivity contribution in [3.05, 3.63) is 35.4 Å². The van der Waals surface area contributed by atoms with E-state index in [2.05, 4.69) is 47.0 Å². The van der Waals surface area contributed by atoms with Gasteiger partial charge in [0.05, 0.1) is 0 Å². The third kappa shape index (κ3) is 4.96. The van der Waals surface area contributed by atoms with Crippen LogP contribution in [0.1, 0.15) is 36.2 Å². The molecule has 0 aliphatic heterocycles. The van der Waals surface area contributed by atoms with E-state index in [9.17, 15) is 4.79 Å². The van der Waals surface area contributed by atoms with Gasteiger partial charge in [0, 0.05) is 23.5 Å². The molecule has 1 rings (SSSR count). The minimum atomic E-state index is 0.00629. The Hall–Kier alpha value is -0.870. The lowest BCUT2D eigenvalue weighted by Gasteiger charge is -2.24. The molecule has 1 N–H and O–H groups in total. The van der Waals surface area contributed by atoms with Crippen molar-refractivity contribution in [2.75, 3.05) is 20.1 Å². The molecule has 1 unspecified atom stereocenters. The molecule has 3 nitrogen and oxygen atoms in total. The first-order chi connectivity index (χ1) is 9.10. The Labute approximate surface area is 124 Å². The van der Waals surface area contributed by atoms with Crippen molar-refractivity contribution in [1.82, 2.24) is 10.2 Å². The molecule has 0 aromatic heterocycles. The molecule has 0 heterocycles. The number of carbonyl (C=O) groups excluding carboxylic acids is 1. The monoisotopic (exact) mass is 326 g/mol. The highest BCUT2D eigenvalue weighted by Gasteiger charge is 2.13. The summed E-state index contributed by atoms with van der Waals surface area (Å²) in [5.74, 6) is 0.00629. The van der Waals surface area contributed by atoms with Gasteiger partial charge in [-0.05, 0) is 38.6 Å². The number of amides is 1. The van der Waals surface area contributed by atoms with E-state index in [-0.39, 0.29) is 5.91 Å². The molecule has 19 heavy (non-hydrogen) atoms. The smallest absolute Gasteiger partial charge is 0.251 e. The summed E-state index contributed by atoms with van der Waals surface area (Å²) in [5, 5.41) is 3.71. The lowest BCUT2D eigenvalue weighted by Crippen LogP contribution is -2.40. The average molecular weight is 327 g/mol. The first-order valence-electron chi connectivity index (χ1n) is 6.72. The zero-order valence-corrected chi connectivity index (χ0v) is 13.5. The Morgan fingerprint density at radius 2 is 2.11 bits per heavy atom. The van der Waals surface area contributed by atoms with Gasteiger partial charge in [0.25, 0.3) is 5.91 Å². The molecule has 0 radical (unpaired) electrons. The van der Waals surface area contributed by atoms with E-state index >= 15 is 0 Å². The van der Waals surface area contributed by atoms with Gasteiger partial charge in [-0.2, -0.15) is 0 Å². The largest absolute Gasteiger partial charge is 0.350 e. The van der Waals surface area contributed by atoms with E-state index in [1.165, 1.54) is 0 Å². The number of alkyl halides is 1. The molecular weight excluding hydrogens is 304 g/mol. The quantitative estimate of drug-likeness (QED) is 0.781. The predicted molar refractivity (Wildman–Crippen MR) is 83.8 cm³/mol. The second kappa shape index (κ2) is 8.33. The van der Waals surface area contributed by atoms with E-state index in [1.807, 2.05) is 24.3 Å². The van der Waals surface area contributed by atoms with Gasteiger partial charge in [-0.15, -0.1) is 0 Å². The number of likely N-dealkylation sites (N-methyl/N-ethyl adjacent to an activating group) is 1. The SMILES string of the molecule is CCCN(C)C(C)CNC(=O)c1ccccc1CBr. The van der Waals surface area contributed by atoms with Crippen LogP contribution in [0.25, 0.3) is 0 Å². The van der Waals surface area contributed by atoms with Crippen LogP contribution in [0, 0.1) is 0 Å². The normalized spacial score (nSPS) is 12.5. The van der Waals surface area contributed by atoms with Crippen LogP contribution in [0.5, 0.6) is 0 Å². The summed E-state index contributed by atoms with van der Waals surface area (Å²) in [6.07, 6.45) is 1.13. The van der Waals surface area contributed by atoms with Gasteiger partial charge in [-0.25, -0.2) is 0 Å². The van der Waals surface area contributed by atoms with E-state index in [0.717, 1.165) is 24.1 Å². The van der Waals surface area contributed by atoms with Gasteiger partial charge in [0.1, 0.15) is 0 Å². The fourth-order valence-electron chi connectivity index (χ4n) is 1.92. The number of rotatable bonds is 7. The molecule has 106 valence electrons. The van der Waals surface area contributed by atoms with Gasteiger partial charge >= 0.3 is 0 Å². The van der Waals surface area contributed by atoms with E-state index in [0.29, 0.717) is 17.9 Å². The Balaban J connectivity index is 2.56. The van der Waals surface area contributed by atoms with Crippen LogP contribution in [0.4, 0.5) is 0 Å². The molecule has 4 heteroatoms. The second-order valence-corrected chi connectivity index (χ2v) is 5.39. The molecule has 0 aliphatic rings. The zero-order valence-electron chi connectivity index (χ0n) is 11.9. The van der Waals surface area contributed by atoms with Gasteiger partial charge in [-0.3, -0.25) is 4.79 Å². The van der Waals surface area contributed by atoms with Crippen molar-refractivity contribution in [2.45, 2.75) is 31.6 Å². The molecule has 0 fully saturated rings. The predicted octanol–water partition coefficient (Wildman–Crippen LogP) is 3.04. The van der Waals surface area contributed by atoms with Crippen molar-refractivity contribution in [3.63, 3.8) is 0 Å². The van der Waals surface area contributed by atoms with Crippen LogP contribution in [0.2, 0.25) is 0 Å². The number of benzene rings is 1. The van der Waals surface area contributed by atoms with Crippen molar-refractivity contribution >= 4 is 21.8 Å². The van der Waals surface area contributed by atoms with Crippen LogP contribution in [0.3, 0.4) is 0 Å². The summed E-state index contributed by atoms with van der Waals surface area (Å²) in [6, 6.07) is 8.03. The maximum absolute atomic E-state index is 12.2. The Bertz CT molecular complexity index is 409. The number of nitrogens with zero attached hydrogens (tertiary/aromatic N) is 1. The minimum Gasteiger partial charge on any atom is -0.350 e. The Morgan fingerprint density at radius 3 is 2.74 bits per heavy atom. The maximum atomic E-state index is 12.2. The van der Waals surface area contributed by atoms with Crippen molar-refractivity contribution in [2.24, 2.45) is 0 Å². The summed E-state index contributed by atoms with van der Waals surface area (Å²) in [7, 11) is 2.09. The Morgan fingerprint density at radius 1 is 1.42 bits per heavy atom. The fraction of sp³-hybridized carbons (Fsp3) is 0.533. The van der Waals surface area contributed by atoms with Gasteiger partial charge < -0.3 is 10.2 Å². The topological polar surface area (TPSA) is 32.3 Å². The van der Waals surface area contributed by atoms with E-state index in [4.69, 9.17) is 0 Å². The number of halogens is 1. The number of hydrogen-bond donors (Lipinski definition) is 1. The highest BCUT2D eigenvalue weighted by Crippen LogP contribution is 2.12. The highest BCUT2D eigenvalue weighted by atomic mass is 79.9. The lowest BCUT2D eigenvalue weighted by atomic mass is 10.1. The maximum Gasteiger partial charge on any atom is 0.251 e. The fourth-order valence-corrected chi connectivity index (χ4v) is 2.41. The van der Waals surface area contributed by atoms with Crippen LogP contribution in [-0.4, -0.2) is 37.0 Å². The first kappa shape index (κ1) is 16.2. The summed E-state index contributed by atoms with van der Waals surface area (Å²) in [5.41, 5.74) is 1.78. The third-order valence-corrected chi connectivity index (χ3v) is 3.90. The molecule has 0 saturated heterocycles. The molecule has 1 amide bonds. The number of carbonyl (C=O) groups is 1. The molecule has 1 atom stereocenters. The summed E-state index contributed by atoms with van der Waals surface area (Å²) >= 11 is 3.41. The summed E-state index contributed by atoms with van der Waals surface area (Å²) in [6.45, 7) is 6.02. The van der Waals surface area contributed by atoms with Gasteiger partial charge in [-0.1, -0.05) is 41.1 Å².